The third kappa shape index (κ3) is 3.02. The van der Waals surface area contributed by atoms with Gasteiger partial charge in [0.1, 0.15) is 0 Å². The molecule has 0 amide bonds. The summed E-state index contributed by atoms with van der Waals surface area (Å²) in [5.74, 6) is -0.830. The molecule has 0 aliphatic carbocycles. The van der Waals surface area contributed by atoms with Gasteiger partial charge in [-0.1, -0.05) is 53.6 Å². The molecule has 0 aliphatic rings. The van der Waals surface area contributed by atoms with Gasteiger partial charge in [-0.2, -0.15) is 0 Å². The number of aryl methyl sites for hydroxylation is 1. The van der Waals surface area contributed by atoms with Gasteiger partial charge in [0.25, 0.3) is 0 Å². The van der Waals surface area contributed by atoms with Crippen molar-refractivity contribution in [2.24, 2.45) is 0 Å². The minimum Gasteiger partial charge on any atom is -0.481 e. The molecule has 2 aromatic carbocycles. The largest absolute Gasteiger partial charge is 0.481 e. The Kier molecular flexibility index (Phi) is 4.15. The number of halogens is 1. The third-order valence-corrected chi connectivity index (χ3v) is 3.81. The molecule has 20 heavy (non-hydrogen) atoms. The van der Waals surface area contributed by atoms with E-state index in [0.717, 1.165) is 16.7 Å². The zero-order chi connectivity index (χ0) is 14.8. The first-order valence-corrected chi connectivity index (χ1v) is 6.84. The molecule has 104 valence electrons. The van der Waals surface area contributed by atoms with E-state index in [1.807, 2.05) is 49.4 Å². The highest BCUT2D eigenvalue weighted by Crippen LogP contribution is 2.30. The quantitative estimate of drug-likeness (QED) is 0.914. The molecule has 0 fully saturated rings. The first kappa shape index (κ1) is 14.6. The van der Waals surface area contributed by atoms with Crippen molar-refractivity contribution in [3.05, 3.63) is 70.2 Å². The second kappa shape index (κ2) is 5.68. The standard InChI is InChI=1S/C17H17ClO2/c1-12-5-3-7-14(9-12)17(2,16(19)20)11-13-6-4-8-15(18)10-13/h3-10H,11H2,1-2H3,(H,19,20). The van der Waals surface area contributed by atoms with Crippen LogP contribution in [0.15, 0.2) is 48.5 Å². The number of benzene rings is 2. The molecule has 1 atom stereocenters. The minimum atomic E-state index is -0.962. The summed E-state index contributed by atoms with van der Waals surface area (Å²) in [6.07, 6.45) is 0.409. The molecular weight excluding hydrogens is 272 g/mol. The summed E-state index contributed by atoms with van der Waals surface area (Å²) in [5.41, 5.74) is 1.83. The van der Waals surface area contributed by atoms with Gasteiger partial charge < -0.3 is 5.11 Å². The Morgan fingerprint density at radius 2 is 1.90 bits per heavy atom. The molecule has 0 saturated carbocycles. The lowest BCUT2D eigenvalue weighted by Gasteiger charge is -2.26. The van der Waals surface area contributed by atoms with Crippen molar-refractivity contribution >= 4 is 17.6 Å². The summed E-state index contributed by atoms with van der Waals surface area (Å²) < 4.78 is 0. The van der Waals surface area contributed by atoms with Crippen LogP contribution in [0.5, 0.6) is 0 Å². The molecule has 0 aromatic heterocycles. The number of hydrogen-bond acceptors (Lipinski definition) is 1. The minimum absolute atomic E-state index is 0.409. The molecule has 0 aliphatic heterocycles. The van der Waals surface area contributed by atoms with Gasteiger partial charge in [-0.3, -0.25) is 4.79 Å². The van der Waals surface area contributed by atoms with Crippen molar-refractivity contribution < 1.29 is 9.90 Å². The zero-order valence-corrected chi connectivity index (χ0v) is 12.3. The average molecular weight is 289 g/mol. The molecule has 0 saturated heterocycles. The van der Waals surface area contributed by atoms with E-state index in [2.05, 4.69) is 0 Å². The summed E-state index contributed by atoms with van der Waals surface area (Å²) in [6, 6.07) is 15.0. The molecular formula is C17H17ClO2. The topological polar surface area (TPSA) is 37.3 Å². The van der Waals surface area contributed by atoms with E-state index < -0.39 is 11.4 Å². The summed E-state index contributed by atoms with van der Waals surface area (Å²) in [4.78, 5) is 11.8. The fourth-order valence-corrected chi connectivity index (χ4v) is 2.56. The lowest BCUT2D eigenvalue weighted by atomic mass is 9.77. The molecule has 3 heteroatoms. The second-order valence-electron chi connectivity index (χ2n) is 5.31. The van der Waals surface area contributed by atoms with Crippen LogP contribution < -0.4 is 0 Å². The lowest BCUT2D eigenvalue weighted by molar-refractivity contribution is -0.143. The van der Waals surface area contributed by atoms with Gasteiger partial charge in [0.15, 0.2) is 0 Å². The molecule has 1 unspecified atom stereocenters. The molecule has 2 nitrogen and oxygen atoms in total. The van der Waals surface area contributed by atoms with Crippen LogP contribution in [-0.4, -0.2) is 11.1 Å². The van der Waals surface area contributed by atoms with E-state index in [-0.39, 0.29) is 0 Å². The molecule has 0 bridgehead atoms. The van der Waals surface area contributed by atoms with Gasteiger partial charge in [-0.25, -0.2) is 0 Å². The van der Waals surface area contributed by atoms with Gasteiger partial charge in [-0.15, -0.1) is 0 Å². The number of carbonyl (C=O) groups is 1. The van der Waals surface area contributed by atoms with E-state index in [9.17, 15) is 9.90 Å². The fraction of sp³-hybridized carbons (Fsp3) is 0.235. The Hall–Kier alpha value is -1.80. The summed E-state index contributed by atoms with van der Waals surface area (Å²) in [7, 11) is 0. The smallest absolute Gasteiger partial charge is 0.314 e. The monoisotopic (exact) mass is 288 g/mol. The predicted octanol–water partition coefficient (Wildman–Crippen LogP) is 4.23. The maximum absolute atomic E-state index is 11.8. The highest BCUT2D eigenvalue weighted by molar-refractivity contribution is 6.30. The number of hydrogen-bond donors (Lipinski definition) is 1. The van der Waals surface area contributed by atoms with Crippen LogP contribution in [0.4, 0.5) is 0 Å². The van der Waals surface area contributed by atoms with E-state index in [1.165, 1.54) is 0 Å². The second-order valence-corrected chi connectivity index (χ2v) is 5.75. The molecule has 0 heterocycles. The number of rotatable bonds is 4. The van der Waals surface area contributed by atoms with E-state index in [4.69, 9.17) is 11.6 Å². The number of aliphatic carboxylic acids is 1. The van der Waals surface area contributed by atoms with Crippen molar-refractivity contribution in [3.63, 3.8) is 0 Å². The molecule has 1 N–H and O–H groups in total. The lowest BCUT2D eigenvalue weighted by Crippen LogP contribution is -2.34. The predicted molar refractivity (Wildman–Crippen MR) is 81.3 cm³/mol. The summed E-state index contributed by atoms with van der Waals surface area (Å²) in [6.45, 7) is 3.72. The first-order valence-electron chi connectivity index (χ1n) is 6.47. The maximum Gasteiger partial charge on any atom is 0.314 e. The van der Waals surface area contributed by atoms with Crippen molar-refractivity contribution in [2.45, 2.75) is 25.7 Å². The maximum atomic E-state index is 11.8. The van der Waals surface area contributed by atoms with E-state index >= 15 is 0 Å². The fourth-order valence-electron chi connectivity index (χ4n) is 2.34. The van der Waals surface area contributed by atoms with Crippen LogP contribution in [0.3, 0.4) is 0 Å². The van der Waals surface area contributed by atoms with Gasteiger partial charge in [0, 0.05) is 5.02 Å². The van der Waals surface area contributed by atoms with Crippen LogP contribution in [-0.2, 0) is 16.6 Å². The number of carboxylic acid groups (broad SMARTS) is 1. The molecule has 0 spiro atoms. The highest BCUT2D eigenvalue weighted by atomic mass is 35.5. The Labute approximate surface area is 124 Å². The normalized spacial score (nSPS) is 13.8. The number of carboxylic acids is 1. The molecule has 2 rings (SSSR count). The van der Waals surface area contributed by atoms with Crippen LogP contribution >= 0.6 is 11.6 Å². The molecule has 2 aromatic rings. The zero-order valence-electron chi connectivity index (χ0n) is 11.6. The Morgan fingerprint density at radius 1 is 1.20 bits per heavy atom. The Bertz CT molecular complexity index is 636. The first-order chi connectivity index (χ1) is 9.41. The van der Waals surface area contributed by atoms with Crippen molar-refractivity contribution in [1.82, 2.24) is 0 Å². The van der Waals surface area contributed by atoms with Gasteiger partial charge in [0.05, 0.1) is 5.41 Å². The van der Waals surface area contributed by atoms with Gasteiger partial charge in [-0.05, 0) is 43.5 Å². The Balaban J connectivity index is 2.42. The summed E-state index contributed by atoms with van der Waals surface area (Å²) in [5, 5.41) is 10.3. The van der Waals surface area contributed by atoms with Crippen LogP contribution in [0.1, 0.15) is 23.6 Å². The molecule has 0 radical (unpaired) electrons. The Morgan fingerprint density at radius 3 is 2.50 bits per heavy atom. The average Bonchev–Trinajstić information content (AvgIpc) is 2.38. The van der Waals surface area contributed by atoms with Crippen LogP contribution in [0.2, 0.25) is 5.02 Å². The van der Waals surface area contributed by atoms with Gasteiger partial charge >= 0.3 is 5.97 Å². The summed E-state index contributed by atoms with van der Waals surface area (Å²) >= 11 is 5.98. The van der Waals surface area contributed by atoms with Crippen molar-refractivity contribution in [2.75, 3.05) is 0 Å². The van der Waals surface area contributed by atoms with Crippen molar-refractivity contribution in [1.29, 1.82) is 0 Å². The SMILES string of the molecule is Cc1cccc(C(C)(Cc2cccc(Cl)c2)C(=O)O)c1. The van der Waals surface area contributed by atoms with Crippen LogP contribution in [0.25, 0.3) is 0 Å². The highest BCUT2D eigenvalue weighted by Gasteiger charge is 2.35. The van der Waals surface area contributed by atoms with E-state index in [0.29, 0.717) is 11.4 Å². The van der Waals surface area contributed by atoms with Crippen molar-refractivity contribution in [3.8, 4) is 0 Å². The van der Waals surface area contributed by atoms with Crippen LogP contribution in [0, 0.1) is 6.92 Å². The van der Waals surface area contributed by atoms with Gasteiger partial charge in [0.2, 0.25) is 0 Å². The van der Waals surface area contributed by atoms with E-state index in [1.54, 1.807) is 13.0 Å². The third-order valence-electron chi connectivity index (χ3n) is 3.57.